The van der Waals surface area contributed by atoms with Crippen molar-refractivity contribution in [3.8, 4) is 0 Å². The van der Waals surface area contributed by atoms with Gasteiger partial charge in [-0.15, -0.1) is 24.0 Å². The zero-order valence-corrected chi connectivity index (χ0v) is 16.2. The number of rotatable bonds is 4. The highest BCUT2D eigenvalue weighted by molar-refractivity contribution is 14.0. The van der Waals surface area contributed by atoms with Gasteiger partial charge in [0.1, 0.15) is 11.6 Å². The van der Waals surface area contributed by atoms with Crippen LogP contribution in [0.1, 0.15) is 30.7 Å². The predicted octanol–water partition coefficient (Wildman–Crippen LogP) is 3.50. The minimum absolute atomic E-state index is 0. The highest BCUT2D eigenvalue weighted by Crippen LogP contribution is 2.43. The highest BCUT2D eigenvalue weighted by Gasteiger charge is 2.42. The molecule has 1 heterocycles. The van der Waals surface area contributed by atoms with Gasteiger partial charge in [0.15, 0.2) is 5.96 Å². The average Bonchev–Trinajstić information content (AvgIpc) is 3.04. The van der Waals surface area contributed by atoms with E-state index in [2.05, 4.69) is 15.6 Å². The molecule has 1 saturated heterocycles. The molecule has 1 saturated carbocycles. The summed E-state index contributed by atoms with van der Waals surface area (Å²) < 4.78 is 27.5. The van der Waals surface area contributed by atoms with Gasteiger partial charge in [-0.05, 0) is 37.1 Å². The summed E-state index contributed by atoms with van der Waals surface area (Å²) in [6.07, 6.45) is 3.25. The van der Waals surface area contributed by atoms with E-state index in [-0.39, 0.29) is 41.5 Å². The van der Waals surface area contributed by atoms with Crippen molar-refractivity contribution in [3.63, 3.8) is 0 Å². The lowest BCUT2D eigenvalue weighted by molar-refractivity contribution is 0.553. The van der Waals surface area contributed by atoms with Gasteiger partial charge in [-0.25, -0.2) is 8.78 Å². The van der Waals surface area contributed by atoms with Gasteiger partial charge in [-0.3, -0.25) is 4.99 Å². The minimum Gasteiger partial charge on any atom is -0.355 e. The Labute approximate surface area is 157 Å². The number of nitrogens with zero attached hydrogens (tertiary/aromatic N) is 1. The molecule has 2 N–H and O–H groups in total. The van der Waals surface area contributed by atoms with Gasteiger partial charge >= 0.3 is 0 Å². The van der Waals surface area contributed by atoms with Crippen molar-refractivity contribution < 1.29 is 8.78 Å². The van der Waals surface area contributed by atoms with Crippen molar-refractivity contribution >= 4 is 41.7 Å². The molecule has 0 bridgehead atoms. The van der Waals surface area contributed by atoms with E-state index in [4.69, 9.17) is 0 Å². The van der Waals surface area contributed by atoms with Gasteiger partial charge in [0.05, 0.1) is 0 Å². The zero-order chi connectivity index (χ0) is 15.5. The van der Waals surface area contributed by atoms with E-state index in [0.29, 0.717) is 5.25 Å². The fourth-order valence-electron chi connectivity index (χ4n) is 2.92. The Bertz CT molecular complexity index is 544. The van der Waals surface area contributed by atoms with Gasteiger partial charge in [0.2, 0.25) is 0 Å². The first-order chi connectivity index (χ1) is 10.7. The third kappa shape index (κ3) is 4.71. The molecule has 0 aromatic heterocycles. The number of guanidine groups is 1. The standard InChI is InChI=1S/C16H21F2N3S.HI/c1-19-16(20-9-10-4-3-7-22-10)21-14-8-11(14)15-12(17)5-2-6-13(15)18;/h2,5-6,10-11,14H,3-4,7-9H2,1H3,(H2,19,20,21);1H. The minimum atomic E-state index is -0.459. The van der Waals surface area contributed by atoms with Crippen LogP contribution in [0.25, 0.3) is 0 Å². The Morgan fingerprint density at radius 1 is 1.35 bits per heavy atom. The van der Waals surface area contributed by atoms with Crippen molar-refractivity contribution in [2.45, 2.75) is 36.5 Å². The van der Waals surface area contributed by atoms with E-state index in [0.717, 1.165) is 18.9 Å². The summed E-state index contributed by atoms with van der Waals surface area (Å²) in [6, 6.07) is 4.09. The molecule has 1 aromatic rings. The van der Waals surface area contributed by atoms with Gasteiger partial charge in [0.25, 0.3) is 0 Å². The molecule has 0 radical (unpaired) electrons. The molecule has 1 aliphatic heterocycles. The number of thioether (sulfide) groups is 1. The Hall–Kier alpha value is -0.570. The molecule has 1 aromatic carbocycles. The summed E-state index contributed by atoms with van der Waals surface area (Å²) in [5.74, 6) is 0.923. The lowest BCUT2D eigenvalue weighted by Gasteiger charge is -2.15. The molecule has 3 nitrogen and oxygen atoms in total. The van der Waals surface area contributed by atoms with Crippen molar-refractivity contribution in [1.82, 2.24) is 10.6 Å². The number of nitrogens with one attached hydrogen (secondary N) is 2. The molecular weight excluding hydrogens is 431 g/mol. The van der Waals surface area contributed by atoms with Crippen molar-refractivity contribution in [1.29, 1.82) is 0 Å². The molecule has 3 rings (SSSR count). The quantitative estimate of drug-likeness (QED) is 0.417. The molecule has 2 aliphatic rings. The average molecular weight is 453 g/mol. The number of hydrogen-bond acceptors (Lipinski definition) is 2. The zero-order valence-electron chi connectivity index (χ0n) is 13.0. The molecule has 1 aliphatic carbocycles. The molecule has 3 unspecified atom stereocenters. The third-order valence-electron chi connectivity index (χ3n) is 4.23. The van der Waals surface area contributed by atoms with Crippen molar-refractivity contribution in [2.24, 2.45) is 4.99 Å². The van der Waals surface area contributed by atoms with Crippen LogP contribution in [0.2, 0.25) is 0 Å². The topological polar surface area (TPSA) is 36.4 Å². The summed E-state index contributed by atoms with van der Waals surface area (Å²) >= 11 is 1.99. The van der Waals surface area contributed by atoms with Crippen LogP contribution in [0.5, 0.6) is 0 Å². The van der Waals surface area contributed by atoms with Crippen LogP contribution in [-0.2, 0) is 0 Å². The SMILES string of the molecule is CN=C(NCC1CCCS1)NC1CC1c1c(F)cccc1F.I. The molecule has 0 amide bonds. The lowest BCUT2D eigenvalue weighted by Crippen LogP contribution is -2.41. The van der Waals surface area contributed by atoms with Gasteiger partial charge in [-0.2, -0.15) is 11.8 Å². The first kappa shape index (κ1) is 18.8. The highest BCUT2D eigenvalue weighted by atomic mass is 127. The number of benzene rings is 1. The Morgan fingerprint density at radius 3 is 2.70 bits per heavy atom. The molecular formula is C16H22F2IN3S. The summed E-state index contributed by atoms with van der Waals surface area (Å²) in [5.41, 5.74) is 0.196. The third-order valence-corrected chi connectivity index (χ3v) is 5.63. The molecule has 3 atom stereocenters. The fourth-order valence-corrected chi connectivity index (χ4v) is 4.13. The van der Waals surface area contributed by atoms with E-state index < -0.39 is 11.6 Å². The summed E-state index contributed by atoms with van der Waals surface area (Å²) in [4.78, 5) is 4.20. The van der Waals surface area contributed by atoms with Crippen LogP contribution in [0.15, 0.2) is 23.2 Å². The van der Waals surface area contributed by atoms with E-state index in [9.17, 15) is 8.78 Å². The first-order valence-corrected chi connectivity index (χ1v) is 8.76. The molecule has 2 fully saturated rings. The maximum atomic E-state index is 13.8. The van der Waals surface area contributed by atoms with Crippen LogP contribution >= 0.6 is 35.7 Å². The van der Waals surface area contributed by atoms with E-state index in [1.54, 1.807) is 7.05 Å². The lowest BCUT2D eigenvalue weighted by atomic mass is 10.1. The van der Waals surface area contributed by atoms with Crippen LogP contribution < -0.4 is 10.6 Å². The monoisotopic (exact) mass is 453 g/mol. The summed E-state index contributed by atoms with van der Waals surface area (Å²) in [5, 5.41) is 7.22. The van der Waals surface area contributed by atoms with Gasteiger partial charge in [-0.1, -0.05) is 6.07 Å². The number of aliphatic imine (C=N–C) groups is 1. The Kier molecular flexibility index (Phi) is 6.94. The van der Waals surface area contributed by atoms with E-state index >= 15 is 0 Å². The Balaban J connectivity index is 0.00000192. The number of hydrogen-bond donors (Lipinski definition) is 2. The van der Waals surface area contributed by atoms with E-state index in [1.807, 2.05) is 11.8 Å². The van der Waals surface area contributed by atoms with Crippen LogP contribution in [0, 0.1) is 11.6 Å². The molecule has 128 valence electrons. The number of halogens is 3. The van der Waals surface area contributed by atoms with Crippen LogP contribution in [-0.4, -0.2) is 36.6 Å². The van der Waals surface area contributed by atoms with Gasteiger partial charge < -0.3 is 10.6 Å². The smallest absolute Gasteiger partial charge is 0.191 e. The predicted molar refractivity (Wildman–Crippen MR) is 103 cm³/mol. The second-order valence-electron chi connectivity index (χ2n) is 5.82. The second-order valence-corrected chi connectivity index (χ2v) is 7.22. The summed E-state index contributed by atoms with van der Waals surface area (Å²) in [6.45, 7) is 0.885. The van der Waals surface area contributed by atoms with Crippen LogP contribution in [0.4, 0.5) is 8.78 Å². The molecule has 7 heteroatoms. The molecule has 0 spiro atoms. The van der Waals surface area contributed by atoms with E-state index in [1.165, 1.54) is 36.8 Å². The van der Waals surface area contributed by atoms with Gasteiger partial charge in [0, 0.05) is 36.4 Å². The second kappa shape index (κ2) is 8.50. The first-order valence-electron chi connectivity index (χ1n) is 7.71. The molecule has 23 heavy (non-hydrogen) atoms. The normalized spacial score (nSPS) is 26.6. The maximum absolute atomic E-state index is 13.8. The maximum Gasteiger partial charge on any atom is 0.191 e. The Morgan fingerprint density at radius 2 is 2.09 bits per heavy atom. The summed E-state index contributed by atoms with van der Waals surface area (Å²) in [7, 11) is 1.72. The van der Waals surface area contributed by atoms with Crippen molar-refractivity contribution in [3.05, 3.63) is 35.4 Å². The fraction of sp³-hybridized carbons (Fsp3) is 0.562. The largest absolute Gasteiger partial charge is 0.355 e. The van der Waals surface area contributed by atoms with Crippen molar-refractivity contribution in [2.75, 3.05) is 19.3 Å². The van der Waals surface area contributed by atoms with Crippen LogP contribution in [0.3, 0.4) is 0 Å².